The van der Waals surface area contributed by atoms with Crippen LogP contribution >= 0.6 is 0 Å². The Bertz CT molecular complexity index is 947. The molecule has 2 aromatic rings. The van der Waals surface area contributed by atoms with Crippen LogP contribution in [0.15, 0.2) is 42.5 Å². The normalized spacial score (nSPS) is 22.3. The molecule has 5 heteroatoms. The quantitative estimate of drug-likeness (QED) is 0.406. The second kappa shape index (κ2) is 10.6. The van der Waals surface area contributed by atoms with E-state index in [9.17, 15) is 9.18 Å². The molecule has 2 saturated carbocycles. The van der Waals surface area contributed by atoms with Crippen LogP contribution in [0.2, 0.25) is 0 Å². The van der Waals surface area contributed by atoms with Crippen LogP contribution < -0.4 is 9.47 Å². The number of carbonyl (C=O) groups excluding carboxylic acids is 1. The Morgan fingerprint density at radius 1 is 1.00 bits per heavy atom. The summed E-state index contributed by atoms with van der Waals surface area (Å²) in [5.41, 5.74) is 1.93. The zero-order chi connectivity index (χ0) is 23.4. The third-order valence-corrected chi connectivity index (χ3v) is 7.46. The van der Waals surface area contributed by atoms with Gasteiger partial charge in [0.25, 0.3) is 0 Å². The maximum atomic E-state index is 14.3. The van der Waals surface area contributed by atoms with E-state index in [1.54, 1.807) is 13.2 Å². The molecule has 2 aromatic carbocycles. The standard InChI is InChI=1S/C28H35FO4/c1-18(28(30)32-3)27(21-11-12-21)22-5-4-6-24(15-22)33-17-19-7-9-20(10-8-19)25-16-23(31-2)13-14-26(25)29/h4-6,13-16,18-21,27H,7-12,17H2,1-3H3/t18-,19-,20-,27-/m0/s1. The molecule has 0 bridgehead atoms. The van der Waals surface area contributed by atoms with Gasteiger partial charge in [-0.05, 0) is 104 Å². The summed E-state index contributed by atoms with van der Waals surface area (Å²) in [6, 6.07) is 13.2. The Morgan fingerprint density at radius 2 is 1.76 bits per heavy atom. The fourth-order valence-corrected chi connectivity index (χ4v) is 5.38. The third kappa shape index (κ3) is 5.69. The van der Waals surface area contributed by atoms with E-state index in [0.29, 0.717) is 24.2 Å². The maximum absolute atomic E-state index is 14.3. The van der Waals surface area contributed by atoms with Gasteiger partial charge in [-0.2, -0.15) is 0 Å². The highest BCUT2D eigenvalue weighted by atomic mass is 19.1. The lowest BCUT2D eigenvalue weighted by Gasteiger charge is -2.29. The number of hydrogen-bond donors (Lipinski definition) is 0. The van der Waals surface area contributed by atoms with Crippen molar-refractivity contribution in [3.05, 3.63) is 59.4 Å². The zero-order valence-electron chi connectivity index (χ0n) is 19.9. The minimum absolute atomic E-state index is 0.140. The fourth-order valence-electron chi connectivity index (χ4n) is 5.38. The van der Waals surface area contributed by atoms with E-state index in [-0.39, 0.29) is 29.5 Å². The molecule has 4 rings (SSSR count). The van der Waals surface area contributed by atoms with E-state index in [1.807, 2.05) is 25.1 Å². The molecular weight excluding hydrogens is 419 g/mol. The number of benzene rings is 2. The van der Waals surface area contributed by atoms with Gasteiger partial charge in [-0.1, -0.05) is 19.1 Å². The van der Waals surface area contributed by atoms with E-state index in [4.69, 9.17) is 14.2 Å². The molecule has 0 aromatic heterocycles. The summed E-state index contributed by atoms with van der Waals surface area (Å²) in [6.45, 7) is 2.63. The van der Waals surface area contributed by atoms with Crippen molar-refractivity contribution in [1.82, 2.24) is 0 Å². The van der Waals surface area contributed by atoms with Crippen molar-refractivity contribution in [2.45, 2.75) is 57.3 Å². The van der Waals surface area contributed by atoms with Gasteiger partial charge in [-0.25, -0.2) is 4.39 Å². The van der Waals surface area contributed by atoms with Gasteiger partial charge in [0.2, 0.25) is 0 Å². The highest BCUT2D eigenvalue weighted by Crippen LogP contribution is 2.47. The second-order valence-corrected chi connectivity index (χ2v) is 9.66. The van der Waals surface area contributed by atoms with E-state index >= 15 is 0 Å². The molecule has 178 valence electrons. The predicted molar refractivity (Wildman–Crippen MR) is 126 cm³/mol. The Kier molecular flexibility index (Phi) is 7.56. The molecule has 0 saturated heterocycles. The lowest BCUT2D eigenvalue weighted by molar-refractivity contribution is -0.145. The first-order valence-corrected chi connectivity index (χ1v) is 12.1. The predicted octanol–water partition coefficient (Wildman–Crippen LogP) is 6.49. The van der Waals surface area contributed by atoms with E-state index in [2.05, 4.69) is 12.1 Å². The second-order valence-electron chi connectivity index (χ2n) is 9.66. The molecule has 2 aliphatic carbocycles. The first-order chi connectivity index (χ1) is 16.0. The molecule has 0 N–H and O–H groups in total. The molecule has 2 atom stereocenters. The Labute approximate surface area is 196 Å². The molecule has 0 amide bonds. The van der Waals surface area contributed by atoms with Gasteiger partial charge in [-0.15, -0.1) is 0 Å². The van der Waals surface area contributed by atoms with Crippen LogP contribution in [0.4, 0.5) is 4.39 Å². The molecule has 2 aliphatic rings. The van der Waals surface area contributed by atoms with Crippen molar-refractivity contribution in [3.63, 3.8) is 0 Å². The smallest absolute Gasteiger partial charge is 0.309 e. The molecule has 2 fully saturated rings. The molecule has 0 spiro atoms. The van der Waals surface area contributed by atoms with Crippen LogP contribution in [-0.4, -0.2) is 26.8 Å². The topological polar surface area (TPSA) is 44.8 Å². The van der Waals surface area contributed by atoms with Crippen molar-refractivity contribution in [2.24, 2.45) is 17.8 Å². The van der Waals surface area contributed by atoms with Gasteiger partial charge in [-0.3, -0.25) is 4.79 Å². The van der Waals surface area contributed by atoms with Gasteiger partial charge in [0.05, 0.1) is 26.7 Å². The number of esters is 1. The first kappa shape index (κ1) is 23.6. The summed E-state index contributed by atoms with van der Waals surface area (Å²) in [6.07, 6.45) is 6.27. The van der Waals surface area contributed by atoms with Crippen LogP contribution in [0, 0.1) is 23.6 Å². The highest BCUT2D eigenvalue weighted by molar-refractivity contribution is 5.73. The molecule has 0 heterocycles. The largest absolute Gasteiger partial charge is 0.497 e. The summed E-state index contributed by atoms with van der Waals surface area (Å²) >= 11 is 0. The lowest BCUT2D eigenvalue weighted by atomic mass is 9.79. The molecule has 4 nitrogen and oxygen atoms in total. The number of halogens is 1. The maximum Gasteiger partial charge on any atom is 0.309 e. The summed E-state index contributed by atoms with van der Waals surface area (Å²) in [7, 11) is 3.07. The van der Waals surface area contributed by atoms with Crippen molar-refractivity contribution >= 4 is 5.97 Å². The third-order valence-electron chi connectivity index (χ3n) is 7.46. The number of rotatable bonds is 9. The lowest BCUT2D eigenvalue weighted by Crippen LogP contribution is -2.22. The van der Waals surface area contributed by atoms with Gasteiger partial charge in [0.15, 0.2) is 0 Å². The van der Waals surface area contributed by atoms with Crippen LogP contribution in [0.3, 0.4) is 0 Å². The zero-order valence-corrected chi connectivity index (χ0v) is 19.9. The SMILES string of the molecule is COC(=O)[C@@H](C)[C@H](c1cccc(OC[C@H]2CC[C@H](c3cc(OC)ccc3F)CC2)c1)C1CC1. The Balaban J connectivity index is 1.34. The van der Waals surface area contributed by atoms with E-state index in [1.165, 1.54) is 13.2 Å². The van der Waals surface area contributed by atoms with E-state index < -0.39 is 0 Å². The number of hydrogen-bond acceptors (Lipinski definition) is 4. The van der Waals surface area contributed by atoms with Gasteiger partial charge < -0.3 is 14.2 Å². The number of carbonyl (C=O) groups is 1. The number of ether oxygens (including phenoxy) is 3. The van der Waals surface area contributed by atoms with Crippen molar-refractivity contribution in [1.29, 1.82) is 0 Å². The monoisotopic (exact) mass is 454 g/mol. The van der Waals surface area contributed by atoms with Crippen LogP contribution in [0.1, 0.15) is 68.4 Å². The Morgan fingerprint density at radius 3 is 2.42 bits per heavy atom. The molecule has 0 aliphatic heterocycles. The van der Waals surface area contributed by atoms with Crippen LogP contribution in [0.25, 0.3) is 0 Å². The fraction of sp³-hybridized carbons (Fsp3) is 0.536. The van der Waals surface area contributed by atoms with E-state index in [0.717, 1.165) is 55.4 Å². The Hall–Kier alpha value is -2.56. The molecular formula is C28H35FO4. The first-order valence-electron chi connectivity index (χ1n) is 12.1. The minimum Gasteiger partial charge on any atom is -0.497 e. The molecule has 33 heavy (non-hydrogen) atoms. The molecule has 0 unspecified atom stereocenters. The van der Waals surface area contributed by atoms with Crippen molar-refractivity contribution < 1.29 is 23.4 Å². The summed E-state index contributed by atoms with van der Waals surface area (Å²) in [5, 5.41) is 0. The van der Waals surface area contributed by atoms with Crippen LogP contribution in [-0.2, 0) is 9.53 Å². The minimum atomic E-state index is -0.162. The average Bonchev–Trinajstić information content (AvgIpc) is 3.68. The summed E-state index contributed by atoms with van der Waals surface area (Å²) in [5.74, 6) is 2.53. The van der Waals surface area contributed by atoms with Gasteiger partial charge in [0.1, 0.15) is 17.3 Å². The van der Waals surface area contributed by atoms with Crippen molar-refractivity contribution in [2.75, 3.05) is 20.8 Å². The molecule has 0 radical (unpaired) electrons. The van der Waals surface area contributed by atoms with Crippen molar-refractivity contribution in [3.8, 4) is 11.5 Å². The summed E-state index contributed by atoms with van der Waals surface area (Å²) < 4.78 is 30.8. The van der Waals surface area contributed by atoms with Gasteiger partial charge >= 0.3 is 5.97 Å². The average molecular weight is 455 g/mol. The summed E-state index contributed by atoms with van der Waals surface area (Å²) in [4.78, 5) is 12.2. The van der Waals surface area contributed by atoms with Crippen LogP contribution in [0.5, 0.6) is 11.5 Å². The van der Waals surface area contributed by atoms with Gasteiger partial charge in [0, 0.05) is 0 Å². The highest BCUT2D eigenvalue weighted by Gasteiger charge is 2.39. The number of methoxy groups -OCH3 is 2.